The quantitative estimate of drug-likeness (QED) is 0.681. The second-order valence-corrected chi connectivity index (χ2v) is 4.27. The summed E-state index contributed by atoms with van der Waals surface area (Å²) in [5.74, 6) is 0.0869. The van der Waals surface area contributed by atoms with Gasteiger partial charge in [0.05, 0.1) is 6.10 Å². The SMILES string of the molecule is CC(O)CCNC(=O)CC1=CCCCC1. The van der Waals surface area contributed by atoms with Crippen molar-refractivity contribution < 1.29 is 9.90 Å². The molecule has 0 saturated carbocycles. The molecule has 0 spiro atoms. The zero-order valence-electron chi connectivity index (χ0n) is 9.46. The first-order valence-electron chi connectivity index (χ1n) is 5.81. The molecule has 0 radical (unpaired) electrons. The zero-order chi connectivity index (χ0) is 11.1. The topological polar surface area (TPSA) is 49.3 Å². The summed E-state index contributed by atoms with van der Waals surface area (Å²) in [7, 11) is 0. The molecule has 3 heteroatoms. The summed E-state index contributed by atoms with van der Waals surface area (Å²) in [5.41, 5.74) is 1.27. The molecule has 1 unspecified atom stereocenters. The molecule has 1 aliphatic carbocycles. The minimum atomic E-state index is -0.334. The van der Waals surface area contributed by atoms with E-state index in [1.165, 1.54) is 18.4 Å². The number of carbonyl (C=O) groups is 1. The van der Waals surface area contributed by atoms with E-state index in [0.29, 0.717) is 19.4 Å². The lowest BCUT2D eigenvalue weighted by Gasteiger charge is -2.12. The molecule has 0 saturated heterocycles. The van der Waals surface area contributed by atoms with Gasteiger partial charge in [-0.05, 0) is 39.0 Å². The molecule has 0 fully saturated rings. The van der Waals surface area contributed by atoms with Crippen LogP contribution in [0.4, 0.5) is 0 Å². The van der Waals surface area contributed by atoms with Crippen LogP contribution in [0.3, 0.4) is 0 Å². The fourth-order valence-electron chi connectivity index (χ4n) is 1.75. The molecule has 3 nitrogen and oxygen atoms in total. The van der Waals surface area contributed by atoms with Crippen LogP contribution in [0.25, 0.3) is 0 Å². The van der Waals surface area contributed by atoms with E-state index >= 15 is 0 Å². The fourth-order valence-corrected chi connectivity index (χ4v) is 1.75. The van der Waals surface area contributed by atoms with E-state index in [4.69, 9.17) is 5.11 Å². The number of hydrogen-bond acceptors (Lipinski definition) is 2. The first-order valence-corrected chi connectivity index (χ1v) is 5.81. The van der Waals surface area contributed by atoms with Crippen LogP contribution in [0.5, 0.6) is 0 Å². The maximum absolute atomic E-state index is 11.5. The van der Waals surface area contributed by atoms with Gasteiger partial charge >= 0.3 is 0 Å². The standard InChI is InChI=1S/C12H21NO2/c1-10(14)7-8-13-12(15)9-11-5-3-2-4-6-11/h5,10,14H,2-4,6-9H2,1H3,(H,13,15). The van der Waals surface area contributed by atoms with Gasteiger partial charge in [0.1, 0.15) is 0 Å². The molecule has 0 heterocycles. The predicted molar refractivity (Wildman–Crippen MR) is 60.5 cm³/mol. The normalized spacial score (nSPS) is 18.1. The molecule has 0 aliphatic heterocycles. The van der Waals surface area contributed by atoms with Crippen LogP contribution in [0, 0.1) is 0 Å². The monoisotopic (exact) mass is 211 g/mol. The van der Waals surface area contributed by atoms with Gasteiger partial charge in [0.15, 0.2) is 0 Å². The minimum absolute atomic E-state index is 0.0869. The average Bonchev–Trinajstić information content (AvgIpc) is 2.18. The van der Waals surface area contributed by atoms with Crippen molar-refractivity contribution in [2.24, 2.45) is 0 Å². The molecular formula is C12H21NO2. The van der Waals surface area contributed by atoms with Crippen molar-refractivity contribution in [2.45, 2.75) is 51.6 Å². The lowest BCUT2D eigenvalue weighted by molar-refractivity contribution is -0.120. The largest absolute Gasteiger partial charge is 0.393 e. The minimum Gasteiger partial charge on any atom is -0.393 e. The Hall–Kier alpha value is -0.830. The molecule has 1 aliphatic rings. The van der Waals surface area contributed by atoms with Crippen molar-refractivity contribution in [1.29, 1.82) is 0 Å². The predicted octanol–water partition coefficient (Wildman–Crippen LogP) is 1.76. The van der Waals surface area contributed by atoms with Crippen molar-refractivity contribution in [2.75, 3.05) is 6.54 Å². The maximum atomic E-state index is 11.5. The number of aliphatic hydroxyl groups excluding tert-OH is 1. The van der Waals surface area contributed by atoms with Crippen molar-refractivity contribution in [3.63, 3.8) is 0 Å². The van der Waals surface area contributed by atoms with Gasteiger partial charge in [-0.3, -0.25) is 4.79 Å². The summed E-state index contributed by atoms with van der Waals surface area (Å²) in [6.45, 7) is 2.31. The van der Waals surface area contributed by atoms with Crippen molar-refractivity contribution >= 4 is 5.91 Å². The molecule has 15 heavy (non-hydrogen) atoms. The average molecular weight is 211 g/mol. The smallest absolute Gasteiger partial charge is 0.224 e. The third-order valence-electron chi connectivity index (χ3n) is 2.66. The Morgan fingerprint density at radius 2 is 2.40 bits per heavy atom. The number of rotatable bonds is 5. The molecule has 86 valence electrons. The maximum Gasteiger partial charge on any atom is 0.224 e. The van der Waals surface area contributed by atoms with E-state index in [-0.39, 0.29) is 12.0 Å². The Balaban J connectivity index is 2.15. The molecule has 0 aromatic carbocycles. The summed E-state index contributed by atoms with van der Waals surface area (Å²) < 4.78 is 0. The van der Waals surface area contributed by atoms with Gasteiger partial charge in [0, 0.05) is 13.0 Å². The van der Waals surface area contributed by atoms with Crippen LogP contribution >= 0.6 is 0 Å². The lowest BCUT2D eigenvalue weighted by atomic mass is 9.97. The molecular weight excluding hydrogens is 190 g/mol. The first kappa shape index (κ1) is 12.2. The number of amides is 1. The summed E-state index contributed by atoms with van der Waals surface area (Å²) in [6, 6.07) is 0. The highest BCUT2D eigenvalue weighted by Gasteiger charge is 2.08. The number of hydrogen-bond donors (Lipinski definition) is 2. The highest BCUT2D eigenvalue weighted by atomic mass is 16.3. The Kier molecular flexibility index (Phi) is 5.40. The van der Waals surface area contributed by atoms with Gasteiger partial charge in [-0.2, -0.15) is 0 Å². The van der Waals surface area contributed by atoms with E-state index in [2.05, 4.69) is 11.4 Å². The van der Waals surface area contributed by atoms with Gasteiger partial charge in [-0.25, -0.2) is 0 Å². The fraction of sp³-hybridized carbons (Fsp3) is 0.750. The molecule has 0 bridgehead atoms. The second-order valence-electron chi connectivity index (χ2n) is 4.27. The lowest BCUT2D eigenvalue weighted by Crippen LogP contribution is -2.26. The molecule has 2 N–H and O–H groups in total. The van der Waals surface area contributed by atoms with Crippen molar-refractivity contribution in [3.8, 4) is 0 Å². The third kappa shape index (κ3) is 5.57. The van der Waals surface area contributed by atoms with Crippen molar-refractivity contribution in [3.05, 3.63) is 11.6 Å². The van der Waals surface area contributed by atoms with Gasteiger partial charge in [-0.15, -0.1) is 0 Å². The highest BCUT2D eigenvalue weighted by Crippen LogP contribution is 2.19. The summed E-state index contributed by atoms with van der Waals surface area (Å²) in [4.78, 5) is 11.5. The number of aliphatic hydroxyl groups is 1. The van der Waals surface area contributed by atoms with Crippen LogP contribution in [0.1, 0.15) is 45.4 Å². The Labute approximate surface area is 91.6 Å². The Morgan fingerprint density at radius 1 is 1.60 bits per heavy atom. The van der Waals surface area contributed by atoms with Gasteiger partial charge in [0.2, 0.25) is 5.91 Å². The molecule has 0 aromatic rings. The first-order chi connectivity index (χ1) is 7.18. The van der Waals surface area contributed by atoms with E-state index in [0.717, 1.165) is 12.8 Å². The molecule has 1 rings (SSSR count). The van der Waals surface area contributed by atoms with Crippen LogP contribution in [-0.2, 0) is 4.79 Å². The van der Waals surface area contributed by atoms with Gasteiger partial charge in [-0.1, -0.05) is 11.6 Å². The zero-order valence-corrected chi connectivity index (χ0v) is 9.46. The van der Waals surface area contributed by atoms with E-state index in [1.54, 1.807) is 6.92 Å². The highest BCUT2D eigenvalue weighted by molar-refractivity contribution is 5.78. The third-order valence-corrected chi connectivity index (χ3v) is 2.66. The summed E-state index contributed by atoms with van der Waals surface area (Å²) in [5, 5.41) is 11.8. The van der Waals surface area contributed by atoms with E-state index < -0.39 is 0 Å². The molecule has 1 atom stereocenters. The second kappa shape index (κ2) is 6.62. The van der Waals surface area contributed by atoms with E-state index in [1.807, 2.05) is 0 Å². The van der Waals surface area contributed by atoms with Crippen molar-refractivity contribution in [1.82, 2.24) is 5.32 Å². The summed E-state index contributed by atoms with van der Waals surface area (Å²) in [6.07, 6.45) is 7.70. The molecule has 1 amide bonds. The van der Waals surface area contributed by atoms with Crippen LogP contribution in [-0.4, -0.2) is 23.7 Å². The van der Waals surface area contributed by atoms with Crippen LogP contribution in [0.15, 0.2) is 11.6 Å². The summed E-state index contributed by atoms with van der Waals surface area (Å²) >= 11 is 0. The Morgan fingerprint density at radius 3 is 3.00 bits per heavy atom. The van der Waals surface area contributed by atoms with E-state index in [9.17, 15) is 4.79 Å². The number of nitrogens with one attached hydrogen (secondary N) is 1. The van der Waals surface area contributed by atoms with Gasteiger partial charge < -0.3 is 10.4 Å². The van der Waals surface area contributed by atoms with Crippen LogP contribution < -0.4 is 5.32 Å². The Bertz CT molecular complexity index is 234. The van der Waals surface area contributed by atoms with Crippen LogP contribution in [0.2, 0.25) is 0 Å². The number of carbonyl (C=O) groups excluding carboxylic acids is 1. The molecule has 0 aromatic heterocycles. The van der Waals surface area contributed by atoms with Gasteiger partial charge in [0.25, 0.3) is 0 Å². The number of allylic oxidation sites excluding steroid dienone is 1.